The summed E-state index contributed by atoms with van der Waals surface area (Å²) in [5.41, 5.74) is 3.39. The Labute approximate surface area is 167 Å². The summed E-state index contributed by atoms with van der Waals surface area (Å²) >= 11 is 0. The number of benzene rings is 1. The van der Waals surface area contributed by atoms with E-state index in [1.807, 2.05) is 24.0 Å². The lowest BCUT2D eigenvalue weighted by Crippen LogP contribution is -2.37. The normalized spacial score (nSPS) is 29.6. The number of methoxy groups -OCH3 is 1. The zero-order valence-electron chi connectivity index (χ0n) is 16.3. The highest BCUT2D eigenvalue weighted by atomic mass is 31.1. The van der Waals surface area contributed by atoms with E-state index in [0.29, 0.717) is 8.58 Å². The molecule has 1 N–H and O–H groups in total. The van der Waals surface area contributed by atoms with E-state index in [2.05, 4.69) is 40.7 Å². The quantitative estimate of drug-likeness (QED) is 0.800. The van der Waals surface area contributed by atoms with Crippen LogP contribution in [0.1, 0.15) is 11.1 Å². The van der Waals surface area contributed by atoms with Crippen molar-refractivity contribution in [1.29, 1.82) is 0 Å². The fraction of sp³-hybridized carbons (Fsp3) is 0.409. The van der Waals surface area contributed by atoms with Crippen LogP contribution in [0, 0.1) is 18.8 Å². The van der Waals surface area contributed by atoms with Gasteiger partial charge in [0.05, 0.1) is 18.6 Å². The number of rotatable bonds is 3. The Balaban J connectivity index is 1.36. The van der Waals surface area contributed by atoms with Crippen molar-refractivity contribution >= 4 is 19.8 Å². The average Bonchev–Trinajstić information content (AvgIpc) is 3.30. The summed E-state index contributed by atoms with van der Waals surface area (Å²) in [5, 5.41) is 4.61. The summed E-state index contributed by atoms with van der Waals surface area (Å²) in [6.45, 7) is 6.47. The van der Waals surface area contributed by atoms with Gasteiger partial charge in [-0.1, -0.05) is 20.7 Å². The van der Waals surface area contributed by atoms with Gasteiger partial charge in [0.25, 0.3) is 5.91 Å². The molecule has 2 saturated heterocycles. The first kappa shape index (κ1) is 18.0. The highest BCUT2D eigenvalue weighted by Gasteiger charge is 2.38. The maximum absolute atomic E-state index is 12.9. The molecule has 146 valence electrons. The van der Waals surface area contributed by atoms with Gasteiger partial charge in [-0.3, -0.25) is 4.79 Å². The molecule has 1 amide bonds. The minimum Gasteiger partial charge on any atom is -0.496 e. The number of amides is 1. The summed E-state index contributed by atoms with van der Waals surface area (Å²) in [6, 6.07) is 6.16. The number of hydrogen-bond acceptors (Lipinski definition) is 4. The smallest absolute Gasteiger partial charge is 0.252 e. The van der Waals surface area contributed by atoms with Gasteiger partial charge in [0.15, 0.2) is 0 Å². The summed E-state index contributed by atoms with van der Waals surface area (Å²) in [7, 11) is 2.23. The van der Waals surface area contributed by atoms with Gasteiger partial charge in [-0.2, -0.15) is 0 Å². The van der Waals surface area contributed by atoms with Crippen molar-refractivity contribution in [2.75, 3.05) is 33.3 Å². The summed E-state index contributed by atoms with van der Waals surface area (Å²) in [5.74, 6) is 2.58. The maximum Gasteiger partial charge on any atom is 0.252 e. The van der Waals surface area contributed by atoms with Gasteiger partial charge in [0.1, 0.15) is 5.75 Å². The van der Waals surface area contributed by atoms with Gasteiger partial charge >= 0.3 is 0 Å². The summed E-state index contributed by atoms with van der Waals surface area (Å²) in [6.07, 6.45) is 8.31. The number of likely N-dealkylation sites (tertiary alicyclic amines) is 1. The Bertz CT molecular complexity index is 895. The number of allylic oxidation sites excluding steroid dienone is 1. The van der Waals surface area contributed by atoms with Gasteiger partial charge in [0.2, 0.25) is 0 Å². The third-order valence-electron chi connectivity index (χ3n) is 6.31. The molecule has 0 spiro atoms. The Morgan fingerprint density at radius 3 is 2.71 bits per heavy atom. The van der Waals surface area contributed by atoms with Crippen molar-refractivity contribution < 1.29 is 9.53 Å². The van der Waals surface area contributed by atoms with Crippen LogP contribution in [-0.4, -0.2) is 54.8 Å². The maximum atomic E-state index is 12.9. The molecule has 0 radical (unpaired) electrons. The number of fused-ring (bicyclic) bond motifs is 2. The highest BCUT2D eigenvalue weighted by molar-refractivity contribution is 7.51. The van der Waals surface area contributed by atoms with Crippen LogP contribution in [-0.2, 0) is 4.79 Å². The molecule has 4 aliphatic heterocycles. The second-order valence-electron chi connectivity index (χ2n) is 8.07. The predicted molar refractivity (Wildman–Crippen MR) is 113 cm³/mol. The average molecular weight is 395 g/mol. The molecule has 28 heavy (non-hydrogen) atoms. The Morgan fingerprint density at radius 2 is 2.00 bits per heavy atom. The molecule has 5 nitrogen and oxygen atoms in total. The van der Waals surface area contributed by atoms with Crippen LogP contribution < -0.4 is 10.1 Å². The molecule has 1 aromatic carbocycles. The van der Waals surface area contributed by atoms with E-state index in [1.54, 1.807) is 7.11 Å². The van der Waals surface area contributed by atoms with Crippen molar-refractivity contribution in [3.63, 3.8) is 0 Å². The standard InChI is InChI=1S/C22H26N3O2P/c1-14-7-15(3-5-19(14)27-2)20-8-21(26)25-13-18(4-6-22(25)28-20)24-11-16-9-23-10-17(16)12-24/h3-8,13,16-17,22-23,28H,9-12H2,1-2H3/t16-,17?,22?/m1/s1. The third kappa shape index (κ3) is 3.07. The Hall–Kier alpha value is -2.10. The van der Waals surface area contributed by atoms with E-state index >= 15 is 0 Å². The van der Waals surface area contributed by atoms with E-state index in [9.17, 15) is 4.79 Å². The number of nitrogens with one attached hydrogen (secondary N) is 1. The van der Waals surface area contributed by atoms with Crippen LogP contribution in [0.4, 0.5) is 0 Å². The van der Waals surface area contributed by atoms with Crippen molar-refractivity contribution in [2.45, 2.75) is 12.7 Å². The molecular weight excluding hydrogens is 369 g/mol. The van der Waals surface area contributed by atoms with Crippen LogP contribution in [0.5, 0.6) is 5.75 Å². The minimum absolute atomic E-state index is 0.0788. The van der Waals surface area contributed by atoms with Crippen molar-refractivity contribution in [2.24, 2.45) is 11.8 Å². The SMILES string of the molecule is COc1ccc(C2=CC(=O)N3C=C(N4CC5CNC[C@@H]5C4)C=CC3P2)cc1C. The molecule has 1 aromatic rings. The van der Waals surface area contributed by atoms with Crippen LogP contribution in [0.2, 0.25) is 0 Å². The highest BCUT2D eigenvalue weighted by Crippen LogP contribution is 2.45. The number of carbonyl (C=O) groups is 1. The monoisotopic (exact) mass is 395 g/mol. The molecule has 0 saturated carbocycles. The summed E-state index contributed by atoms with van der Waals surface area (Å²) < 4.78 is 5.36. The van der Waals surface area contributed by atoms with Gasteiger partial charge in [-0.25, -0.2) is 0 Å². The fourth-order valence-corrected chi connectivity index (χ4v) is 6.11. The van der Waals surface area contributed by atoms with Crippen molar-refractivity contribution in [3.05, 3.63) is 59.5 Å². The lowest BCUT2D eigenvalue weighted by molar-refractivity contribution is -0.123. The molecular formula is C22H26N3O2P. The van der Waals surface area contributed by atoms with E-state index < -0.39 is 0 Å². The van der Waals surface area contributed by atoms with E-state index in [1.165, 1.54) is 5.70 Å². The summed E-state index contributed by atoms with van der Waals surface area (Å²) in [4.78, 5) is 17.3. The fourth-order valence-electron chi connectivity index (χ4n) is 4.73. The van der Waals surface area contributed by atoms with Crippen LogP contribution in [0.25, 0.3) is 5.31 Å². The van der Waals surface area contributed by atoms with Crippen LogP contribution in [0.15, 0.2) is 48.3 Å². The van der Waals surface area contributed by atoms with Crippen molar-refractivity contribution in [3.8, 4) is 5.75 Å². The van der Waals surface area contributed by atoms with Crippen LogP contribution >= 0.6 is 8.58 Å². The number of hydrogen-bond donors (Lipinski definition) is 1. The number of carbonyl (C=O) groups excluding carboxylic acids is 1. The molecule has 6 heteroatoms. The van der Waals surface area contributed by atoms with Crippen LogP contribution in [0.3, 0.4) is 0 Å². The van der Waals surface area contributed by atoms with Gasteiger partial charge in [-0.05, 0) is 53.4 Å². The molecule has 4 aliphatic rings. The van der Waals surface area contributed by atoms with E-state index in [0.717, 1.165) is 60.2 Å². The van der Waals surface area contributed by atoms with Crippen molar-refractivity contribution in [1.82, 2.24) is 15.1 Å². The molecule has 0 aromatic heterocycles. The lowest BCUT2D eigenvalue weighted by Gasteiger charge is -2.35. The molecule has 2 fully saturated rings. The lowest BCUT2D eigenvalue weighted by atomic mass is 10.0. The zero-order chi connectivity index (χ0) is 19.3. The first-order chi connectivity index (χ1) is 13.6. The topological polar surface area (TPSA) is 44.8 Å². The Kier molecular flexibility index (Phi) is 4.53. The number of aryl methyl sites for hydroxylation is 1. The molecule has 4 atom stereocenters. The van der Waals surface area contributed by atoms with E-state index in [-0.39, 0.29) is 11.7 Å². The molecule has 4 heterocycles. The molecule has 0 aliphatic carbocycles. The zero-order valence-corrected chi connectivity index (χ0v) is 17.3. The first-order valence-corrected chi connectivity index (χ1v) is 11.0. The Morgan fingerprint density at radius 1 is 1.21 bits per heavy atom. The molecule has 5 rings (SSSR count). The molecule has 3 unspecified atom stereocenters. The third-order valence-corrected chi connectivity index (χ3v) is 7.82. The second-order valence-corrected chi connectivity index (χ2v) is 9.49. The first-order valence-electron chi connectivity index (χ1n) is 9.93. The minimum atomic E-state index is 0.0788. The number of nitrogens with zero attached hydrogens (tertiary/aromatic N) is 2. The predicted octanol–water partition coefficient (Wildman–Crippen LogP) is 2.75. The van der Waals surface area contributed by atoms with Gasteiger partial charge in [0, 0.05) is 38.5 Å². The second kappa shape index (κ2) is 7.06. The molecule has 0 bridgehead atoms. The number of ether oxygens (including phenoxy) is 1. The van der Waals surface area contributed by atoms with Gasteiger partial charge < -0.3 is 19.9 Å². The van der Waals surface area contributed by atoms with Gasteiger partial charge in [-0.15, -0.1) is 0 Å². The van der Waals surface area contributed by atoms with E-state index in [4.69, 9.17) is 4.74 Å². The largest absolute Gasteiger partial charge is 0.496 e.